The predicted octanol–water partition coefficient (Wildman–Crippen LogP) is 2.99. The summed E-state index contributed by atoms with van der Waals surface area (Å²) in [5.74, 6) is 0.851. The number of ether oxygens (including phenoxy) is 1. The maximum absolute atomic E-state index is 5.58. The first-order chi connectivity index (χ1) is 5.34. The fraction of sp³-hybridized carbons (Fsp3) is 1.00. The highest BCUT2D eigenvalue weighted by Crippen LogP contribution is 2.27. The van der Waals surface area contributed by atoms with Gasteiger partial charge in [-0.2, -0.15) is 0 Å². The summed E-state index contributed by atoms with van der Waals surface area (Å²) in [6, 6.07) is 0. The van der Waals surface area contributed by atoms with E-state index in [-0.39, 0.29) is 0 Å². The molecule has 0 aromatic heterocycles. The maximum atomic E-state index is 5.58. The van der Waals surface area contributed by atoms with Crippen LogP contribution in [0.4, 0.5) is 0 Å². The Labute approximate surface area is 70.1 Å². The second-order valence-electron chi connectivity index (χ2n) is 3.56. The van der Waals surface area contributed by atoms with Crippen LogP contribution in [0.2, 0.25) is 0 Å². The van der Waals surface area contributed by atoms with Crippen LogP contribution in [0.15, 0.2) is 0 Å². The Hall–Kier alpha value is -0.0400. The summed E-state index contributed by atoms with van der Waals surface area (Å²) in [5, 5.41) is 0. The summed E-state index contributed by atoms with van der Waals surface area (Å²) in [5.41, 5.74) is 0. The Bertz CT molecular complexity index is 95.0. The molecule has 0 spiro atoms. The van der Waals surface area contributed by atoms with Crippen molar-refractivity contribution in [3.8, 4) is 0 Å². The first-order valence-electron chi connectivity index (χ1n) is 4.96. The molecule has 0 heterocycles. The fourth-order valence-electron chi connectivity index (χ4n) is 2.00. The van der Waals surface area contributed by atoms with Crippen LogP contribution < -0.4 is 0 Å². The molecule has 0 amide bonds. The van der Waals surface area contributed by atoms with Gasteiger partial charge in [0.25, 0.3) is 0 Å². The fourth-order valence-corrected chi connectivity index (χ4v) is 2.00. The van der Waals surface area contributed by atoms with E-state index in [2.05, 4.69) is 13.8 Å². The lowest BCUT2D eigenvalue weighted by molar-refractivity contribution is 0.0203. The van der Waals surface area contributed by atoms with Gasteiger partial charge >= 0.3 is 0 Å². The molecule has 1 nitrogen and oxygen atoms in total. The van der Waals surface area contributed by atoms with Gasteiger partial charge in [0.15, 0.2) is 0 Å². The molecule has 1 saturated carbocycles. The zero-order chi connectivity index (χ0) is 8.10. The van der Waals surface area contributed by atoms with Crippen molar-refractivity contribution in [2.24, 2.45) is 5.92 Å². The van der Waals surface area contributed by atoms with Crippen molar-refractivity contribution in [3.05, 3.63) is 0 Å². The van der Waals surface area contributed by atoms with Crippen molar-refractivity contribution in [2.45, 2.75) is 52.1 Å². The highest BCUT2D eigenvalue weighted by atomic mass is 16.5. The van der Waals surface area contributed by atoms with E-state index in [4.69, 9.17) is 4.74 Å². The van der Waals surface area contributed by atoms with Crippen LogP contribution in [-0.2, 0) is 4.74 Å². The molecule has 0 aromatic carbocycles. The van der Waals surface area contributed by atoms with Gasteiger partial charge in [-0.3, -0.25) is 0 Å². The van der Waals surface area contributed by atoms with E-state index < -0.39 is 0 Å². The van der Waals surface area contributed by atoms with E-state index in [1.165, 1.54) is 32.1 Å². The topological polar surface area (TPSA) is 9.23 Å². The molecule has 0 bridgehead atoms. The van der Waals surface area contributed by atoms with E-state index in [1.807, 2.05) is 0 Å². The highest BCUT2D eigenvalue weighted by Gasteiger charge is 2.19. The molecule has 0 unspecified atom stereocenters. The molecule has 1 fully saturated rings. The normalized spacial score (nSPS) is 23.5. The Kier molecular flexibility index (Phi) is 3.92. The predicted molar refractivity (Wildman–Crippen MR) is 47.7 cm³/mol. The Balaban J connectivity index is 2.21. The minimum absolute atomic E-state index is 0.500. The summed E-state index contributed by atoms with van der Waals surface area (Å²) in [4.78, 5) is 0. The maximum Gasteiger partial charge on any atom is 0.0575 e. The number of rotatable bonds is 3. The number of hydrogen-bond donors (Lipinski definition) is 0. The SMILES string of the molecule is CCO[C@@H](C)C1CCCCC1. The smallest absolute Gasteiger partial charge is 0.0575 e. The second-order valence-corrected chi connectivity index (χ2v) is 3.56. The lowest BCUT2D eigenvalue weighted by Gasteiger charge is -2.27. The molecule has 0 saturated heterocycles. The molecule has 0 radical (unpaired) electrons. The average Bonchev–Trinajstić information content (AvgIpc) is 2.07. The van der Waals surface area contributed by atoms with Gasteiger partial charge in [-0.15, -0.1) is 0 Å². The van der Waals surface area contributed by atoms with Gasteiger partial charge in [-0.1, -0.05) is 19.3 Å². The van der Waals surface area contributed by atoms with Crippen molar-refractivity contribution in [1.29, 1.82) is 0 Å². The third-order valence-corrected chi connectivity index (χ3v) is 2.74. The third-order valence-electron chi connectivity index (χ3n) is 2.74. The minimum Gasteiger partial charge on any atom is -0.379 e. The molecule has 1 atom stereocenters. The summed E-state index contributed by atoms with van der Waals surface area (Å²) in [6.45, 7) is 5.18. The molecule has 1 heteroatoms. The Morgan fingerprint density at radius 3 is 2.45 bits per heavy atom. The van der Waals surface area contributed by atoms with Gasteiger partial charge in [0.2, 0.25) is 0 Å². The molecule has 0 aromatic rings. The van der Waals surface area contributed by atoms with Gasteiger partial charge < -0.3 is 4.74 Å². The zero-order valence-electron chi connectivity index (χ0n) is 7.81. The largest absolute Gasteiger partial charge is 0.379 e. The summed E-state index contributed by atoms with van der Waals surface area (Å²) in [7, 11) is 0. The van der Waals surface area contributed by atoms with Crippen LogP contribution >= 0.6 is 0 Å². The van der Waals surface area contributed by atoms with E-state index in [1.54, 1.807) is 0 Å². The molecule has 1 aliphatic carbocycles. The molecule has 66 valence electrons. The standard InChI is InChI=1S/C10H20O/c1-3-11-9(2)10-7-5-4-6-8-10/h9-10H,3-8H2,1-2H3/t9-/m0/s1. The molecule has 0 aliphatic heterocycles. The molecule has 1 aliphatic rings. The van der Waals surface area contributed by atoms with E-state index in [0.717, 1.165) is 12.5 Å². The minimum atomic E-state index is 0.500. The molecular weight excluding hydrogens is 136 g/mol. The van der Waals surface area contributed by atoms with Crippen molar-refractivity contribution >= 4 is 0 Å². The van der Waals surface area contributed by atoms with Crippen LogP contribution in [0, 0.1) is 5.92 Å². The Morgan fingerprint density at radius 1 is 1.27 bits per heavy atom. The molecule has 1 rings (SSSR count). The first kappa shape index (κ1) is 9.05. The van der Waals surface area contributed by atoms with Crippen LogP contribution in [-0.4, -0.2) is 12.7 Å². The van der Waals surface area contributed by atoms with E-state index in [9.17, 15) is 0 Å². The summed E-state index contributed by atoms with van der Waals surface area (Å²) >= 11 is 0. The quantitative estimate of drug-likeness (QED) is 0.610. The average molecular weight is 156 g/mol. The van der Waals surface area contributed by atoms with Crippen LogP contribution in [0.25, 0.3) is 0 Å². The van der Waals surface area contributed by atoms with Gasteiger partial charge in [-0.05, 0) is 32.6 Å². The second kappa shape index (κ2) is 4.76. The van der Waals surface area contributed by atoms with Crippen molar-refractivity contribution in [1.82, 2.24) is 0 Å². The summed E-state index contributed by atoms with van der Waals surface area (Å²) < 4.78 is 5.58. The first-order valence-corrected chi connectivity index (χ1v) is 4.96. The zero-order valence-corrected chi connectivity index (χ0v) is 7.81. The van der Waals surface area contributed by atoms with Gasteiger partial charge in [-0.25, -0.2) is 0 Å². The van der Waals surface area contributed by atoms with Gasteiger partial charge in [0, 0.05) is 6.61 Å². The highest BCUT2D eigenvalue weighted by molar-refractivity contribution is 4.70. The molecule has 11 heavy (non-hydrogen) atoms. The molecule has 0 N–H and O–H groups in total. The Morgan fingerprint density at radius 2 is 1.91 bits per heavy atom. The van der Waals surface area contributed by atoms with E-state index in [0.29, 0.717) is 6.10 Å². The lowest BCUT2D eigenvalue weighted by atomic mass is 9.86. The van der Waals surface area contributed by atoms with E-state index >= 15 is 0 Å². The lowest BCUT2D eigenvalue weighted by Crippen LogP contribution is -2.22. The van der Waals surface area contributed by atoms with Crippen molar-refractivity contribution in [2.75, 3.05) is 6.61 Å². The third kappa shape index (κ3) is 2.82. The van der Waals surface area contributed by atoms with Gasteiger partial charge in [0.05, 0.1) is 6.10 Å². The van der Waals surface area contributed by atoms with Crippen molar-refractivity contribution < 1.29 is 4.74 Å². The van der Waals surface area contributed by atoms with Gasteiger partial charge in [0.1, 0.15) is 0 Å². The monoisotopic (exact) mass is 156 g/mol. The van der Waals surface area contributed by atoms with Crippen LogP contribution in [0.5, 0.6) is 0 Å². The molecular formula is C10H20O. The summed E-state index contributed by atoms with van der Waals surface area (Å²) in [6.07, 6.45) is 7.56. The number of hydrogen-bond acceptors (Lipinski definition) is 1. The van der Waals surface area contributed by atoms with Crippen LogP contribution in [0.1, 0.15) is 46.0 Å². The van der Waals surface area contributed by atoms with Crippen LogP contribution in [0.3, 0.4) is 0 Å². The van der Waals surface area contributed by atoms with Crippen molar-refractivity contribution in [3.63, 3.8) is 0 Å².